The van der Waals surface area contributed by atoms with Crippen LogP contribution < -0.4 is 15.4 Å². The number of hydrogen-bond donors (Lipinski definition) is 2. The number of ether oxygens (including phenoxy) is 1. The molecule has 1 aromatic heterocycles. The Morgan fingerprint density at radius 1 is 0.957 bits per heavy atom. The molecule has 0 saturated heterocycles. The van der Waals surface area contributed by atoms with E-state index in [2.05, 4.69) is 51.6 Å². The van der Waals surface area contributed by atoms with Crippen molar-refractivity contribution in [1.29, 1.82) is 0 Å². The van der Waals surface area contributed by atoms with E-state index < -0.39 is 0 Å². The highest BCUT2D eigenvalue weighted by Crippen LogP contribution is 2.21. The van der Waals surface area contributed by atoms with E-state index in [1.54, 1.807) is 0 Å². The SMILES string of the molecule is COc1nc(Nc2ccc(C(C)C)cc2)nc(NC(C)(C)C)n1. The number of hydrogen-bond acceptors (Lipinski definition) is 6. The van der Waals surface area contributed by atoms with Gasteiger partial charge in [-0.05, 0) is 44.4 Å². The first-order chi connectivity index (χ1) is 10.8. The first-order valence-corrected chi connectivity index (χ1v) is 7.72. The molecule has 0 bridgehead atoms. The molecule has 0 radical (unpaired) electrons. The summed E-state index contributed by atoms with van der Waals surface area (Å²) in [6, 6.07) is 8.50. The molecule has 0 spiro atoms. The topological polar surface area (TPSA) is 72.0 Å². The lowest BCUT2D eigenvalue weighted by Crippen LogP contribution is -2.27. The summed E-state index contributed by atoms with van der Waals surface area (Å²) in [4.78, 5) is 12.9. The van der Waals surface area contributed by atoms with Crippen LogP contribution in [0.4, 0.5) is 17.6 Å². The van der Waals surface area contributed by atoms with Crippen molar-refractivity contribution in [2.24, 2.45) is 0 Å². The Hall–Kier alpha value is -2.37. The Morgan fingerprint density at radius 2 is 1.57 bits per heavy atom. The van der Waals surface area contributed by atoms with Gasteiger partial charge in [0.05, 0.1) is 7.11 Å². The third-order valence-corrected chi connectivity index (χ3v) is 3.12. The summed E-state index contributed by atoms with van der Waals surface area (Å²) in [6.45, 7) is 10.5. The number of benzene rings is 1. The summed E-state index contributed by atoms with van der Waals surface area (Å²) in [7, 11) is 1.54. The Labute approximate surface area is 137 Å². The number of nitrogens with one attached hydrogen (secondary N) is 2. The number of nitrogens with zero attached hydrogens (tertiary/aromatic N) is 3. The quantitative estimate of drug-likeness (QED) is 0.870. The van der Waals surface area contributed by atoms with E-state index in [0.717, 1.165) is 5.69 Å². The third kappa shape index (κ3) is 5.09. The van der Waals surface area contributed by atoms with Crippen LogP contribution in [-0.2, 0) is 0 Å². The van der Waals surface area contributed by atoms with Crippen LogP contribution in [0.25, 0.3) is 0 Å². The maximum atomic E-state index is 5.16. The maximum absolute atomic E-state index is 5.16. The zero-order valence-corrected chi connectivity index (χ0v) is 14.6. The van der Waals surface area contributed by atoms with Gasteiger partial charge in [0.2, 0.25) is 11.9 Å². The summed E-state index contributed by atoms with van der Waals surface area (Å²) in [5, 5.41) is 6.41. The van der Waals surface area contributed by atoms with Crippen LogP contribution >= 0.6 is 0 Å². The molecule has 0 atom stereocenters. The molecule has 1 heterocycles. The van der Waals surface area contributed by atoms with Crippen LogP contribution in [0.15, 0.2) is 24.3 Å². The second-order valence-electron chi connectivity index (χ2n) is 6.75. The number of anilines is 3. The van der Waals surface area contributed by atoms with E-state index in [1.165, 1.54) is 12.7 Å². The van der Waals surface area contributed by atoms with Gasteiger partial charge in [0, 0.05) is 11.2 Å². The molecule has 2 N–H and O–H groups in total. The van der Waals surface area contributed by atoms with Gasteiger partial charge in [0.1, 0.15) is 0 Å². The molecule has 6 nitrogen and oxygen atoms in total. The zero-order valence-electron chi connectivity index (χ0n) is 14.6. The summed E-state index contributed by atoms with van der Waals surface area (Å²) >= 11 is 0. The molecule has 6 heteroatoms. The monoisotopic (exact) mass is 315 g/mol. The van der Waals surface area contributed by atoms with Crippen molar-refractivity contribution in [2.45, 2.75) is 46.1 Å². The van der Waals surface area contributed by atoms with Crippen LogP contribution in [0.5, 0.6) is 6.01 Å². The summed E-state index contributed by atoms with van der Waals surface area (Å²) in [5.74, 6) is 1.43. The predicted octanol–water partition coefficient (Wildman–Crippen LogP) is 3.96. The van der Waals surface area contributed by atoms with Crippen molar-refractivity contribution in [2.75, 3.05) is 17.7 Å². The van der Waals surface area contributed by atoms with Crippen LogP contribution in [0, 0.1) is 0 Å². The van der Waals surface area contributed by atoms with Gasteiger partial charge >= 0.3 is 6.01 Å². The van der Waals surface area contributed by atoms with Crippen molar-refractivity contribution < 1.29 is 4.74 Å². The van der Waals surface area contributed by atoms with Crippen LogP contribution in [0.1, 0.15) is 46.1 Å². The Balaban J connectivity index is 2.22. The van der Waals surface area contributed by atoms with Gasteiger partial charge in [0.15, 0.2) is 0 Å². The standard InChI is InChI=1S/C17H25N5O/c1-11(2)12-7-9-13(10-8-12)18-14-19-15(22-17(3,4)5)21-16(20-14)23-6/h7-11H,1-6H3,(H2,18,19,20,21,22). The number of rotatable bonds is 5. The summed E-state index contributed by atoms with van der Waals surface area (Å²) < 4.78 is 5.16. The summed E-state index contributed by atoms with van der Waals surface area (Å²) in [5.41, 5.74) is 2.06. The fourth-order valence-corrected chi connectivity index (χ4v) is 1.98. The van der Waals surface area contributed by atoms with Crippen molar-refractivity contribution in [3.8, 4) is 6.01 Å². The van der Waals surface area contributed by atoms with Gasteiger partial charge in [-0.2, -0.15) is 15.0 Å². The van der Waals surface area contributed by atoms with Gasteiger partial charge in [-0.25, -0.2) is 0 Å². The summed E-state index contributed by atoms with van der Waals surface area (Å²) in [6.07, 6.45) is 0. The Morgan fingerprint density at radius 3 is 2.09 bits per heavy atom. The van der Waals surface area contributed by atoms with Crippen molar-refractivity contribution in [3.05, 3.63) is 29.8 Å². The lowest BCUT2D eigenvalue weighted by molar-refractivity contribution is 0.379. The molecule has 2 aromatic rings. The second-order valence-corrected chi connectivity index (χ2v) is 6.75. The highest BCUT2D eigenvalue weighted by molar-refractivity contribution is 5.55. The Kier molecular flexibility index (Phi) is 5.03. The normalized spacial score (nSPS) is 11.4. The lowest BCUT2D eigenvalue weighted by Gasteiger charge is -2.20. The molecule has 0 fully saturated rings. The minimum atomic E-state index is -0.150. The van der Waals surface area contributed by atoms with Gasteiger partial charge in [-0.15, -0.1) is 0 Å². The Bertz CT molecular complexity index is 647. The number of methoxy groups -OCH3 is 1. The molecule has 0 unspecified atom stereocenters. The van der Waals surface area contributed by atoms with Crippen LogP contribution in [0.3, 0.4) is 0 Å². The highest BCUT2D eigenvalue weighted by atomic mass is 16.5. The minimum Gasteiger partial charge on any atom is -0.467 e. The van der Waals surface area contributed by atoms with E-state index in [-0.39, 0.29) is 11.5 Å². The molecular formula is C17H25N5O. The molecule has 2 rings (SSSR count). The van der Waals surface area contributed by atoms with E-state index in [4.69, 9.17) is 4.74 Å². The molecule has 23 heavy (non-hydrogen) atoms. The molecular weight excluding hydrogens is 290 g/mol. The van der Waals surface area contributed by atoms with Gasteiger partial charge in [-0.3, -0.25) is 0 Å². The maximum Gasteiger partial charge on any atom is 0.322 e. The van der Waals surface area contributed by atoms with E-state index in [0.29, 0.717) is 17.8 Å². The van der Waals surface area contributed by atoms with Crippen LogP contribution in [0.2, 0.25) is 0 Å². The van der Waals surface area contributed by atoms with Gasteiger partial charge in [-0.1, -0.05) is 26.0 Å². The molecule has 1 aromatic carbocycles. The first-order valence-electron chi connectivity index (χ1n) is 7.72. The van der Waals surface area contributed by atoms with E-state index in [1.807, 2.05) is 32.9 Å². The first kappa shape index (κ1) is 17.0. The van der Waals surface area contributed by atoms with E-state index >= 15 is 0 Å². The smallest absolute Gasteiger partial charge is 0.322 e. The lowest BCUT2D eigenvalue weighted by atomic mass is 10.0. The van der Waals surface area contributed by atoms with Gasteiger partial charge < -0.3 is 15.4 Å². The minimum absolute atomic E-state index is 0.150. The second kappa shape index (κ2) is 6.81. The van der Waals surface area contributed by atoms with Gasteiger partial charge in [0.25, 0.3) is 0 Å². The van der Waals surface area contributed by atoms with Crippen LogP contribution in [-0.4, -0.2) is 27.6 Å². The third-order valence-electron chi connectivity index (χ3n) is 3.12. The molecule has 0 amide bonds. The molecule has 0 aliphatic rings. The molecule has 0 aliphatic carbocycles. The van der Waals surface area contributed by atoms with E-state index in [9.17, 15) is 0 Å². The average Bonchev–Trinajstić information content (AvgIpc) is 2.45. The highest BCUT2D eigenvalue weighted by Gasteiger charge is 2.14. The average molecular weight is 315 g/mol. The van der Waals surface area contributed by atoms with Crippen molar-refractivity contribution >= 4 is 17.6 Å². The molecule has 0 saturated carbocycles. The molecule has 0 aliphatic heterocycles. The number of aromatic nitrogens is 3. The predicted molar refractivity (Wildman–Crippen MR) is 93.6 cm³/mol. The largest absolute Gasteiger partial charge is 0.467 e. The fourth-order valence-electron chi connectivity index (χ4n) is 1.98. The fraction of sp³-hybridized carbons (Fsp3) is 0.471. The van der Waals surface area contributed by atoms with Crippen molar-refractivity contribution in [1.82, 2.24) is 15.0 Å². The molecule has 124 valence electrons. The zero-order chi connectivity index (χ0) is 17.0. The van der Waals surface area contributed by atoms with Crippen molar-refractivity contribution in [3.63, 3.8) is 0 Å².